The van der Waals surface area contributed by atoms with Gasteiger partial charge in [-0.05, 0) is 31.4 Å². The third kappa shape index (κ3) is 1.50. The van der Waals surface area contributed by atoms with E-state index in [-0.39, 0.29) is 17.3 Å². The molecule has 1 aromatic carbocycles. The van der Waals surface area contributed by atoms with E-state index in [9.17, 15) is 4.79 Å². The lowest BCUT2D eigenvalue weighted by atomic mass is 9.62. The minimum Gasteiger partial charge on any atom is -0.466 e. The Kier molecular flexibility index (Phi) is 2.82. The van der Waals surface area contributed by atoms with Crippen molar-refractivity contribution < 1.29 is 9.53 Å². The summed E-state index contributed by atoms with van der Waals surface area (Å²) in [5, 5.41) is 3.62. The average molecular weight is 322 g/mol. The highest BCUT2D eigenvalue weighted by Gasteiger charge is 2.62. The molecule has 3 aliphatic heterocycles. The number of nitrogens with zero attached hydrogens (tertiary/aromatic N) is 1. The first-order valence-corrected chi connectivity index (χ1v) is 8.79. The van der Waals surface area contributed by atoms with Crippen molar-refractivity contribution in [2.24, 2.45) is 5.92 Å². The monoisotopic (exact) mass is 322 g/mol. The van der Waals surface area contributed by atoms with Gasteiger partial charge in [-0.25, -0.2) is 4.79 Å². The molecule has 2 fully saturated rings. The first-order chi connectivity index (χ1) is 11.7. The molecule has 0 amide bonds. The SMILES string of the molecule is C/C=C1/CN2CC[C@]34C(=C(C(=O)OC)C1CC23)Nc1ccccc14. The van der Waals surface area contributed by atoms with Crippen LogP contribution in [-0.2, 0) is 14.9 Å². The lowest BCUT2D eigenvalue weighted by Gasteiger charge is -2.48. The fraction of sp³-hybridized carbons (Fsp3) is 0.450. The molecule has 124 valence electrons. The summed E-state index contributed by atoms with van der Waals surface area (Å²) in [6, 6.07) is 9.03. The van der Waals surface area contributed by atoms with E-state index in [4.69, 9.17) is 4.74 Å². The molecule has 2 unspecified atom stereocenters. The van der Waals surface area contributed by atoms with Crippen LogP contribution in [0.25, 0.3) is 0 Å². The van der Waals surface area contributed by atoms with Crippen LogP contribution in [0.2, 0.25) is 0 Å². The number of piperidine rings is 1. The number of benzene rings is 1. The molecule has 24 heavy (non-hydrogen) atoms. The number of ether oxygens (including phenoxy) is 1. The molecular formula is C20H22N2O2. The van der Waals surface area contributed by atoms with Crippen LogP contribution in [0.1, 0.15) is 25.3 Å². The summed E-state index contributed by atoms with van der Waals surface area (Å²) in [6.07, 6.45) is 4.28. The number of esters is 1. The smallest absolute Gasteiger partial charge is 0.336 e. The number of fused-ring (bicyclic) bond motifs is 2. The highest BCUT2D eigenvalue weighted by atomic mass is 16.5. The molecule has 2 saturated heterocycles. The molecule has 0 radical (unpaired) electrons. The quantitative estimate of drug-likeness (QED) is 0.638. The number of carbonyl (C=O) groups excluding carboxylic acids is 1. The highest BCUT2D eigenvalue weighted by Crippen LogP contribution is 2.61. The van der Waals surface area contributed by atoms with Gasteiger partial charge in [-0.3, -0.25) is 4.90 Å². The van der Waals surface area contributed by atoms with E-state index in [0.29, 0.717) is 6.04 Å². The van der Waals surface area contributed by atoms with Crippen LogP contribution < -0.4 is 5.32 Å². The van der Waals surface area contributed by atoms with Gasteiger partial charge < -0.3 is 10.1 Å². The minimum atomic E-state index is -0.173. The first-order valence-electron chi connectivity index (χ1n) is 8.79. The topological polar surface area (TPSA) is 41.6 Å². The zero-order valence-electron chi connectivity index (χ0n) is 14.1. The average Bonchev–Trinajstić information content (AvgIpc) is 3.17. The van der Waals surface area contributed by atoms with Gasteiger partial charge in [-0.15, -0.1) is 0 Å². The molecule has 5 rings (SSSR count). The van der Waals surface area contributed by atoms with Crippen LogP contribution in [0.5, 0.6) is 0 Å². The predicted octanol–water partition coefficient (Wildman–Crippen LogP) is 2.83. The Labute approximate surface area is 142 Å². The number of hydrogen-bond donors (Lipinski definition) is 1. The van der Waals surface area contributed by atoms with E-state index in [1.807, 2.05) is 0 Å². The van der Waals surface area contributed by atoms with Crippen molar-refractivity contribution in [2.45, 2.75) is 31.2 Å². The Morgan fingerprint density at radius 2 is 2.25 bits per heavy atom. The van der Waals surface area contributed by atoms with Gasteiger partial charge in [0.25, 0.3) is 0 Å². The van der Waals surface area contributed by atoms with Gasteiger partial charge in [0.1, 0.15) is 0 Å². The molecule has 4 nitrogen and oxygen atoms in total. The molecule has 4 heteroatoms. The van der Waals surface area contributed by atoms with Crippen LogP contribution in [0.3, 0.4) is 0 Å². The Bertz CT molecular complexity index is 810. The summed E-state index contributed by atoms with van der Waals surface area (Å²) in [6.45, 7) is 4.15. The van der Waals surface area contributed by atoms with Crippen LogP contribution >= 0.6 is 0 Å². The maximum atomic E-state index is 12.7. The van der Waals surface area contributed by atoms with Crippen LogP contribution in [0.15, 0.2) is 47.2 Å². The van der Waals surface area contributed by atoms with Crippen LogP contribution in [-0.4, -0.2) is 37.1 Å². The molecule has 1 N–H and O–H groups in total. The van der Waals surface area contributed by atoms with Crippen molar-refractivity contribution in [3.05, 3.63) is 52.7 Å². The van der Waals surface area contributed by atoms with Gasteiger partial charge >= 0.3 is 5.97 Å². The molecule has 3 atom stereocenters. The summed E-state index contributed by atoms with van der Waals surface area (Å²) in [5.74, 6) is 0.0135. The van der Waals surface area contributed by atoms with Crippen molar-refractivity contribution >= 4 is 11.7 Å². The molecule has 2 bridgehead atoms. The van der Waals surface area contributed by atoms with Crippen molar-refractivity contribution in [3.63, 3.8) is 0 Å². The molecule has 3 heterocycles. The first kappa shape index (κ1) is 14.3. The highest BCUT2D eigenvalue weighted by molar-refractivity contribution is 5.94. The number of hydrogen-bond acceptors (Lipinski definition) is 4. The number of allylic oxidation sites excluding steroid dienone is 1. The number of anilines is 1. The maximum absolute atomic E-state index is 12.7. The number of para-hydroxylation sites is 1. The molecule has 0 saturated carbocycles. The summed E-state index contributed by atoms with van der Waals surface area (Å²) in [7, 11) is 1.50. The molecule has 1 spiro atoms. The minimum absolute atomic E-state index is 0.0596. The Morgan fingerprint density at radius 3 is 3.04 bits per heavy atom. The summed E-state index contributed by atoms with van der Waals surface area (Å²) < 4.78 is 5.21. The summed E-state index contributed by atoms with van der Waals surface area (Å²) in [5.41, 5.74) is 5.78. The van der Waals surface area contributed by atoms with E-state index in [1.165, 1.54) is 18.2 Å². The van der Waals surface area contributed by atoms with Gasteiger partial charge in [0, 0.05) is 36.4 Å². The second kappa shape index (κ2) is 4.73. The summed E-state index contributed by atoms with van der Waals surface area (Å²) in [4.78, 5) is 15.3. The van der Waals surface area contributed by atoms with Crippen molar-refractivity contribution in [3.8, 4) is 0 Å². The molecular weight excluding hydrogens is 300 g/mol. The van der Waals surface area contributed by atoms with Crippen molar-refractivity contribution in [2.75, 3.05) is 25.5 Å². The van der Waals surface area contributed by atoms with Crippen LogP contribution in [0.4, 0.5) is 5.69 Å². The Hall–Kier alpha value is -2.07. The lowest BCUT2D eigenvalue weighted by molar-refractivity contribution is -0.137. The van der Waals surface area contributed by atoms with Gasteiger partial charge in [0.2, 0.25) is 0 Å². The third-order valence-corrected chi connectivity index (χ3v) is 6.60. The van der Waals surface area contributed by atoms with Crippen LogP contribution in [0, 0.1) is 5.92 Å². The predicted molar refractivity (Wildman–Crippen MR) is 92.6 cm³/mol. The van der Waals surface area contributed by atoms with Crippen molar-refractivity contribution in [1.82, 2.24) is 4.90 Å². The second-order valence-corrected chi connectivity index (χ2v) is 7.31. The standard InChI is InChI=1S/C20H22N2O2/c1-3-12-11-22-9-8-20-14-6-4-5-7-15(14)21-18(20)17(19(23)24-2)13(12)10-16(20)22/h3-7,13,16,21H,8-11H2,1-2H3/b12-3-/t13?,16?,20-/m1/s1. The number of nitrogens with one attached hydrogen (secondary N) is 1. The van der Waals surface area contributed by atoms with E-state index in [2.05, 4.69) is 47.5 Å². The van der Waals surface area contributed by atoms with E-state index >= 15 is 0 Å². The van der Waals surface area contributed by atoms with Gasteiger partial charge in [0.05, 0.1) is 18.1 Å². The normalized spacial score (nSPS) is 34.8. The second-order valence-electron chi connectivity index (χ2n) is 7.31. The molecule has 0 aromatic heterocycles. The van der Waals surface area contributed by atoms with E-state index in [0.717, 1.165) is 42.9 Å². The zero-order chi connectivity index (χ0) is 16.5. The largest absolute Gasteiger partial charge is 0.466 e. The van der Waals surface area contributed by atoms with Gasteiger partial charge in [-0.1, -0.05) is 29.8 Å². The van der Waals surface area contributed by atoms with E-state index < -0.39 is 0 Å². The Morgan fingerprint density at radius 1 is 1.42 bits per heavy atom. The van der Waals surface area contributed by atoms with Gasteiger partial charge in [0.15, 0.2) is 0 Å². The molecule has 1 aromatic rings. The van der Waals surface area contributed by atoms with Gasteiger partial charge in [-0.2, -0.15) is 0 Å². The molecule has 4 aliphatic rings. The lowest BCUT2D eigenvalue weighted by Crippen LogP contribution is -2.53. The summed E-state index contributed by atoms with van der Waals surface area (Å²) >= 11 is 0. The fourth-order valence-corrected chi connectivity index (χ4v) is 5.61. The van der Waals surface area contributed by atoms with E-state index in [1.54, 1.807) is 0 Å². The third-order valence-electron chi connectivity index (χ3n) is 6.60. The van der Waals surface area contributed by atoms with Crippen molar-refractivity contribution in [1.29, 1.82) is 0 Å². The molecule has 1 aliphatic carbocycles. The Balaban J connectivity index is 1.82. The number of carbonyl (C=O) groups is 1. The number of methoxy groups -OCH3 is 1. The number of rotatable bonds is 1. The zero-order valence-corrected chi connectivity index (χ0v) is 14.1. The maximum Gasteiger partial charge on any atom is 0.336 e. The fourth-order valence-electron chi connectivity index (χ4n) is 5.61.